The van der Waals surface area contributed by atoms with Crippen molar-refractivity contribution in [1.82, 2.24) is 9.97 Å². The number of nitrogens with zero attached hydrogens (tertiary/aromatic N) is 3. The topological polar surface area (TPSA) is 49.2 Å². The highest BCUT2D eigenvalue weighted by Crippen LogP contribution is 2.50. The van der Waals surface area contributed by atoms with Gasteiger partial charge in [0.1, 0.15) is 5.82 Å². The Kier molecular flexibility index (Phi) is 2.33. The Balaban J connectivity index is 1.80. The molecule has 18 heavy (non-hydrogen) atoms. The van der Waals surface area contributed by atoms with Crippen molar-refractivity contribution in [3.8, 4) is 0 Å². The third-order valence-corrected chi connectivity index (χ3v) is 4.72. The van der Waals surface area contributed by atoms with Crippen LogP contribution in [0.1, 0.15) is 30.5 Å². The van der Waals surface area contributed by atoms with E-state index in [4.69, 9.17) is 11.6 Å². The maximum absolute atomic E-state index is 9.54. The first-order valence-electron chi connectivity index (χ1n) is 6.72. The van der Waals surface area contributed by atoms with Crippen LogP contribution in [0.15, 0.2) is 0 Å². The van der Waals surface area contributed by atoms with Crippen LogP contribution in [-0.4, -0.2) is 33.8 Å². The Bertz CT molecular complexity index is 507. The lowest BCUT2D eigenvalue weighted by Gasteiger charge is -2.29. The van der Waals surface area contributed by atoms with Gasteiger partial charge in [0.15, 0.2) is 0 Å². The predicted octanol–water partition coefficient (Wildman–Crippen LogP) is 1.58. The summed E-state index contributed by atoms with van der Waals surface area (Å²) in [6.45, 7) is 0.212. The highest BCUT2D eigenvalue weighted by atomic mass is 35.5. The molecule has 2 heterocycles. The SMILES string of the molecule is OC[C@@H]1C[C@H]2C[C@H]2N1c1nc(Cl)nc2c1CCC2. The number of aliphatic hydroxyl groups is 1. The lowest BCUT2D eigenvalue weighted by Crippen LogP contribution is -2.37. The molecule has 1 aromatic rings. The smallest absolute Gasteiger partial charge is 0.224 e. The van der Waals surface area contributed by atoms with Crippen molar-refractivity contribution in [2.75, 3.05) is 11.5 Å². The van der Waals surface area contributed by atoms with Crippen LogP contribution in [-0.2, 0) is 12.8 Å². The Morgan fingerprint density at radius 1 is 1.28 bits per heavy atom. The molecule has 1 aliphatic heterocycles. The molecule has 0 spiro atoms. The molecular formula is C13H16ClN3O. The van der Waals surface area contributed by atoms with E-state index < -0.39 is 0 Å². The molecule has 1 aromatic heterocycles. The molecule has 1 saturated carbocycles. The first kappa shape index (κ1) is 11.0. The molecule has 4 rings (SSSR count). The molecule has 0 radical (unpaired) electrons. The number of hydrogen-bond acceptors (Lipinski definition) is 4. The minimum Gasteiger partial charge on any atom is -0.394 e. The van der Waals surface area contributed by atoms with Gasteiger partial charge in [-0.15, -0.1) is 0 Å². The van der Waals surface area contributed by atoms with E-state index in [1.54, 1.807) is 0 Å². The lowest BCUT2D eigenvalue weighted by molar-refractivity contribution is 0.259. The average molecular weight is 266 g/mol. The second-order valence-electron chi connectivity index (χ2n) is 5.64. The third kappa shape index (κ3) is 1.48. The Morgan fingerprint density at radius 3 is 3.00 bits per heavy atom. The van der Waals surface area contributed by atoms with Crippen LogP contribution in [0, 0.1) is 5.92 Å². The number of hydrogen-bond donors (Lipinski definition) is 1. The number of aryl methyl sites for hydroxylation is 1. The van der Waals surface area contributed by atoms with Gasteiger partial charge in [-0.25, -0.2) is 9.97 Å². The van der Waals surface area contributed by atoms with Crippen LogP contribution in [0.2, 0.25) is 5.28 Å². The van der Waals surface area contributed by atoms with Crippen molar-refractivity contribution < 1.29 is 5.11 Å². The molecule has 1 N–H and O–H groups in total. The highest BCUT2D eigenvalue weighted by Gasteiger charge is 2.53. The predicted molar refractivity (Wildman–Crippen MR) is 68.9 cm³/mol. The first-order chi connectivity index (χ1) is 8.78. The van der Waals surface area contributed by atoms with Crippen molar-refractivity contribution in [2.24, 2.45) is 5.92 Å². The summed E-state index contributed by atoms with van der Waals surface area (Å²) in [5, 5.41) is 9.89. The molecule has 4 nitrogen and oxygen atoms in total. The summed E-state index contributed by atoms with van der Waals surface area (Å²) in [7, 11) is 0. The largest absolute Gasteiger partial charge is 0.394 e. The van der Waals surface area contributed by atoms with Crippen molar-refractivity contribution in [2.45, 2.75) is 44.2 Å². The molecule has 2 fully saturated rings. The highest BCUT2D eigenvalue weighted by molar-refractivity contribution is 6.28. The van der Waals surface area contributed by atoms with E-state index in [1.807, 2.05) is 0 Å². The number of piperidine rings is 1. The fourth-order valence-corrected chi connectivity index (χ4v) is 3.83. The van der Waals surface area contributed by atoms with Crippen molar-refractivity contribution in [3.05, 3.63) is 16.5 Å². The molecule has 3 atom stereocenters. The molecule has 96 valence electrons. The zero-order valence-electron chi connectivity index (χ0n) is 10.1. The Hall–Kier alpha value is -0.870. The summed E-state index contributed by atoms with van der Waals surface area (Å²) in [5.41, 5.74) is 2.39. The Morgan fingerprint density at radius 2 is 2.17 bits per heavy atom. The van der Waals surface area contributed by atoms with Crippen LogP contribution in [0.3, 0.4) is 0 Å². The van der Waals surface area contributed by atoms with Gasteiger partial charge in [-0.2, -0.15) is 0 Å². The molecule has 3 aliphatic rings. The summed E-state index contributed by atoms with van der Waals surface area (Å²) in [6.07, 6.45) is 5.54. The third-order valence-electron chi connectivity index (χ3n) is 4.55. The first-order valence-corrected chi connectivity index (χ1v) is 7.10. The fourth-order valence-electron chi connectivity index (χ4n) is 3.65. The second-order valence-corrected chi connectivity index (χ2v) is 5.98. The van der Waals surface area contributed by atoms with Crippen LogP contribution >= 0.6 is 11.6 Å². The minimum absolute atomic E-state index is 0.212. The number of anilines is 1. The number of rotatable bonds is 2. The molecule has 0 bridgehead atoms. The van der Waals surface area contributed by atoms with E-state index in [0.717, 1.165) is 43.1 Å². The number of aromatic nitrogens is 2. The number of halogens is 1. The lowest BCUT2D eigenvalue weighted by atomic mass is 10.1. The zero-order valence-corrected chi connectivity index (χ0v) is 10.9. The maximum Gasteiger partial charge on any atom is 0.224 e. The van der Waals surface area contributed by atoms with Gasteiger partial charge >= 0.3 is 0 Å². The summed E-state index contributed by atoms with van der Waals surface area (Å²) >= 11 is 6.05. The van der Waals surface area contributed by atoms with Crippen LogP contribution in [0.4, 0.5) is 5.82 Å². The van der Waals surface area contributed by atoms with Gasteiger partial charge in [0.25, 0.3) is 0 Å². The quantitative estimate of drug-likeness (QED) is 0.825. The molecule has 0 unspecified atom stereocenters. The molecule has 0 aromatic carbocycles. The van der Waals surface area contributed by atoms with Gasteiger partial charge < -0.3 is 10.0 Å². The van der Waals surface area contributed by atoms with Gasteiger partial charge in [0, 0.05) is 11.6 Å². The number of fused-ring (bicyclic) bond motifs is 2. The van der Waals surface area contributed by atoms with Crippen molar-refractivity contribution in [1.29, 1.82) is 0 Å². The van der Waals surface area contributed by atoms with E-state index in [9.17, 15) is 5.11 Å². The van der Waals surface area contributed by atoms with E-state index in [1.165, 1.54) is 12.0 Å². The van der Waals surface area contributed by atoms with E-state index in [-0.39, 0.29) is 12.6 Å². The minimum atomic E-state index is 0.212. The molecule has 0 amide bonds. The van der Waals surface area contributed by atoms with Crippen LogP contribution < -0.4 is 4.90 Å². The standard InChI is InChI=1S/C13H16ClN3O/c14-13-15-10-3-1-2-9(10)12(16-13)17-8(6-18)4-7-5-11(7)17/h7-8,11,18H,1-6H2/t7-,8-,11+/m0/s1. The summed E-state index contributed by atoms with van der Waals surface area (Å²) in [5.74, 6) is 1.76. The van der Waals surface area contributed by atoms with E-state index >= 15 is 0 Å². The van der Waals surface area contributed by atoms with Gasteiger partial charge in [-0.1, -0.05) is 0 Å². The van der Waals surface area contributed by atoms with Crippen LogP contribution in [0.25, 0.3) is 0 Å². The van der Waals surface area contributed by atoms with E-state index in [2.05, 4.69) is 14.9 Å². The van der Waals surface area contributed by atoms with Crippen molar-refractivity contribution in [3.63, 3.8) is 0 Å². The number of aliphatic hydroxyl groups excluding tert-OH is 1. The van der Waals surface area contributed by atoms with Crippen LogP contribution in [0.5, 0.6) is 0 Å². The Labute approximate surface area is 111 Å². The normalized spacial score (nSPS) is 32.6. The fraction of sp³-hybridized carbons (Fsp3) is 0.692. The average Bonchev–Trinajstić information content (AvgIpc) is 2.83. The monoisotopic (exact) mass is 265 g/mol. The maximum atomic E-state index is 9.54. The molecule has 5 heteroatoms. The van der Waals surface area contributed by atoms with Gasteiger partial charge in [-0.05, 0) is 49.6 Å². The molecular weight excluding hydrogens is 250 g/mol. The summed E-state index contributed by atoms with van der Waals surface area (Å²) in [6, 6.07) is 0.808. The van der Waals surface area contributed by atoms with Crippen molar-refractivity contribution >= 4 is 17.4 Å². The van der Waals surface area contributed by atoms with Gasteiger partial charge in [0.2, 0.25) is 5.28 Å². The molecule has 2 aliphatic carbocycles. The zero-order chi connectivity index (χ0) is 12.3. The second kappa shape index (κ2) is 3.81. The molecule has 1 saturated heterocycles. The van der Waals surface area contributed by atoms with E-state index in [0.29, 0.717) is 11.3 Å². The van der Waals surface area contributed by atoms with Gasteiger partial charge in [-0.3, -0.25) is 0 Å². The summed E-state index contributed by atoms with van der Waals surface area (Å²) in [4.78, 5) is 11.1. The van der Waals surface area contributed by atoms with Gasteiger partial charge in [0.05, 0.1) is 18.3 Å². The summed E-state index contributed by atoms with van der Waals surface area (Å²) < 4.78 is 0.